The fraction of sp³-hybridized carbons (Fsp3) is 0.231. The highest BCUT2D eigenvalue weighted by Crippen LogP contribution is 2.10. The minimum absolute atomic E-state index is 0.0227. The first-order chi connectivity index (χ1) is 10.1. The summed E-state index contributed by atoms with van der Waals surface area (Å²) in [4.78, 5) is 30.0. The molecular weight excluding hydrogens is 274 g/mol. The van der Waals surface area contributed by atoms with Crippen LogP contribution in [0.4, 0.5) is 10.5 Å². The van der Waals surface area contributed by atoms with Crippen LogP contribution in [0.25, 0.3) is 0 Å². The van der Waals surface area contributed by atoms with Crippen LogP contribution < -0.4 is 10.6 Å². The molecule has 21 heavy (non-hydrogen) atoms. The fourth-order valence-electron chi connectivity index (χ4n) is 1.65. The summed E-state index contributed by atoms with van der Waals surface area (Å²) < 4.78 is 1.60. The zero-order chi connectivity index (χ0) is 15.2. The predicted molar refractivity (Wildman–Crippen MR) is 75.2 cm³/mol. The zero-order valence-electron chi connectivity index (χ0n) is 11.4. The van der Waals surface area contributed by atoms with Gasteiger partial charge >= 0.3 is 12.0 Å². The van der Waals surface area contributed by atoms with E-state index in [1.807, 2.05) is 6.92 Å². The van der Waals surface area contributed by atoms with Crippen molar-refractivity contribution in [2.45, 2.75) is 13.5 Å². The molecule has 110 valence electrons. The van der Waals surface area contributed by atoms with Crippen molar-refractivity contribution < 1.29 is 14.7 Å². The molecule has 0 spiro atoms. The van der Waals surface area contributed by atoms with E-state index in [0.717, 1.165) is 5.56 Å². The van der Waals surface area contributed by atoms with E-state index in [2.05, 4.69) is 20.6 Å². The molecular formula is C13H15N5O3. The average molecular weight is 289 g/mol. The van der Waals surface area contributed by atoms with E-state index in [4.69, 9.17) is 5.11 Å². The SMILES string of the molecule is Cc1ccncc1NC(=O)NCCn1cnc(C(=O)O)c1. The Morgan fingerprint density at radius 1 is 1.43 bits per heavy atom. The maximum Gasteiger partial charge on any atom is 0.356 e. The number of nitrogens with one attached hydrogen (secondary N) is 2. The van der Waals surface area contributed by atoms with Crippen LogP contribution in [0.2, 0.25) is 0 Å². The molecule has 0 unspecified atom stereocenters. The molecule has 0 aliphatic rings. The second kappa shape index (κ2) is 6.51. The first-order valence-corrected chi connectivity index (χ1v) is 6.27. The minimum Gasteiger partial charge on any atom is -0.476 e. The van der Waals surface area contributed by atoms with E-state index in [0.29, 0.717) is 18.8 Å². The van der Waals surface area contributed by atoms with Crippen LogP contribution in [0.1, 0.15) is 16.1 Å². The number of imidazole rings is 1. The summed E-state index contributed by atoms with van der Waals surface area (Å²) in [6.45, 7) is 2.65. The summed E-state index contributed by atoms with van der Waals surface area (Å²) in [5.41, 5.74) is 1.54. The summed E-state index contributed by atoms with van der Waals surface area (Å²) >= 11 is 0. The third kappa shape index (κ3) is 4.03. The van der Waals surface area contributed by atoms with Gasteiger partial charge in [0.05, 0.1) is 18.2 Å². The van der Waals surface area contributed by atoms with E-state index in [1.54, 1.807) is 23.0 Å². The average Bonchev–Trinajstić information content (AvgIpc) is 2.90. The van der Waals surface area contributed by atoms with Gasteiger partial charge in [-0.05, 0) is 18.6 Å². The number of carboxylic acids is 1. The van der Waals surface area contributed by atoms with Crippen LogP contribution in [0.5, 0.6) is 0 Å². The van der Waals surface area contributed by atoms with Crippen LogP contribution in [0.15, 0.2) is 31.0 Å². The number of amides is 2. The second-order valence-electron chi connectivity index (χ2n) is 4.37. The predicted octanol–water partition coefficient (Wildman–Crippen LogP) is 1.11. The standard InChI is InChI=1S/C13H15N5O3/c1-9-2-3-14-6-10(9)17-13(21)15-4-5-18-7-11(12(19)20)16-8-18/h2-3,6-8H,4-5H2,1H3,(H,19,20)(H2,15,17,21). The highest BCUT2D eigenvalue weighted by atomic mass is 16.4. The van der Waals surface area contributed by atoms with Crippen molar-refractivity contribution in [2.24, 2.45) is 0 Å². The van der Waals surface area contributed by atoms with Crippen molar-refractivity contribution in [3.8, 4) is 0 Å². The molecule has 0 atom stereocenters. The van der Waals surface area contributed by atoms with Crippen LogP contribution in [-0.2, 0) is 6.54 Å². The lowest BCUT2D eigenvalue weighted by Crippen LogP contribution is -2.31. The van der Waals surface area contributed by atoms with Crippen molar-refractivity contribution in [3.05, 3.63) is 42.2 Å². The molecule has 0 bridgehead atoms. The Hall–Kier alpha value is -2.90. The van der Waals surface area contributed by atoms with Crippen molar-refractivity contribution in [1.29, 1.82) is 0 Å². The third-order valence-corrected chi connectivity index (χ3v) is 2.80. The Labute approximate surface area is 120 Å². The summed E-state index contributed by atoms with van der Waals surface area (Å²) in [5, 5.41) is 14.1. The molecule has 8 heteroatoms. The lowest BCUT2D eigenvalue weighted by molar-refractivity contribution is 0.0691. The monoisotopic (exact) mass is 289 g/mol. The number of aromatic carboxylic acids is 1. The Bertz CT molecular complexity index is 653. The number of hydrogen-bond donors (Lipinski definition) is 3. The third-order valence-electron chi connectivity index (χ3n) is 2.80. The van der Waals surface area contributed by atoms with Crippen LogP contribution in [-0.4, -0.2) is 38.2 Å². The molecule has 0 saturated heterocycles. The molecule has 0 fully saturated rings. The van der Waals surface area contributed by atoms with Gasteiger partial charge in [0.2, 0.25) is 0 Å². The molecule has 2 heterocycles. The van der Waals surface area contributed by atoms with E-state index >= 15 is 0 Å². The van der Waals surface area contributed by atoms with Gasteiger partial charge in [-0.25, -0.2) is 14.6 Å². The number of anilines is 1. The topological polar surface area (TPSA) is 109 Å². The fourth-order valence-corrected chi connectivity index (χ4v) is 1.65. The van der Waals surface area contributed by atoms with Gasteiger partial charge < -0.3 is 20.3 Å². The zero-order valence-corrected chi connectivity index (χ0v) is 11.4. The Balaban J connectivity index is 1.79. The molecule has 0 saturated carbocycles. The summed E-state index contributed by atoms with van der Waals surface area (Å²) in [6, 6.07) is 1.46. The van der Waals surface area contributed by atoms with Crippen LogP contribution in [0.3, 0.4) is 0 Å². The number of aromatic nitrogens is 3. The van der Waals surface area contributed by atoms with Crippen molar-refractivity contribution >= 4 is 17.7 Å². The molecule has 0 aliphatic heterocycles. The molecule has 0 aromatic carbocycles. The summed E-state index contributed by atoms with van der Waals surface area (Å²) in [7, 11) is 0. The van der Waals surface area contributed by atoms with Gasteiger partial charge in [0.1, 0.15) is 0 Å². The number of pyridine rings is 1. The van der Waals surface area contributed by atoms with Crippen molar-refractivity contribution in [1.82, 2.24) is 19.9 Å². The van der Waals surface area contributed by atoms with Gasteiger partial charge in [-0.2, -0.15) is 0 Å². The lowest BCUT2D eigenvalue weighted by atomic mass is 10.2. The van der Waals surface area contributed by atoms with Gasteiger partial charge in [-0.3, -0.25) is 4.98 Å². The normalized spacial score (nSPS) is 10.1. The van der Waals surface area contributed by atoms with E-state index < -0.39 is 5.97 Å². The highest BCUT2D eigenvalue weighted by molar-refractivity contribution is 5.89. The molecule has 0 aliphatic carbocycles. The van der Waals surface area contributed by atoms with Crippen molar-refractivity contribution in [2.75, 3.05) is 11.9 Å². The van der Waals surface area contributed by atoms with E-state index in [9.17, 15) is 9.59 Å². The van der Waals surface area contributed by atoms with E-state index in [-0.39, 0.29) is 11.7 Å². The number of nitrogens with zero attached hydrogens (tertiary/aromatic N) is 3. The summed E-state index contributed by atoms with van der Waals surface area (Å²) in [6.07, 6.45) is 6.04. The van der Waals surface area contributed by atoms with Crippen molar-refractivity contribution in [3.63, 3.8) is 0 Å². The number of aryl methyl sites for hydroxylation is 1. The van der Waals surface area contributed by atoms with Gasteiger partial charge in [-0.1, -0.05) is 0 Å². The molecule has 2 rings (SSSR count). The number of carboxylic acid groups (broad SMARTS) is 1. The number of hydrogen-bond acceptors (Lipinski definition) is 4. The maximum atomic E-state index is 11.7. The number of carbonyl (C=O) groups is 2. The number of rotatable bonds is 5. The molecule has 0 radical (unpaired) electrons. The molecule has 2 aromatic rings. The van der Waals surface area contributed by atoms with Gasteiger partial charge in [-0.15, -0.1) is 0 Å². The largest absolute Gasteiger partial charge is 0.476 e. The summed E-state index contributed by atoms with van der Waals surface area (Å²) in [5.74, 6) is -1.08. The van der Waals surface area contributed by atoms with E-state index in [1.165, 1.54) is 12.5 Å². The second-order valence-corrected chi connectivity index (χ2v) is 4.37. The Morgan fingerprint density at radius 3 is 2.90 bits per heavy atom. The first kappa shape index (κ1) is 14.5. The molecule has 2 aromatic heterocycles. The minimum atomic E-state index is -1.08. The molecule has 3 N–H and O–H groups in total. The first-order valence-electron chi connectivity index (χ1n) is 6.27. The number of carbonyl (C=O) groups excluding carboxylic acids is 1. The smallest absolute Gasteiger partial charge is 0.356 e. The Morgan fingerprint density at radius 2 is 2.24 bits per heavy atom. The van der Waals surface area contributed by atoms with Crippen LogP contribution >= 0.6 is 0 Å². The quantitative estimate of drug-likeness (QED) is 0.763. The van der Waals surface area contributed by atoms with Gasteiger partial charge in [0.15, 0.2) is 5.69 Å². The highest BCUT2D eigenvalue weighted by Gasteiger charge is 2.07. The van der Waals surface area contributed by atoms with Crippen LogP contribution in [0, 0.1) is 6.92 Å². The van der Waals surface area contributed by atoms with Gasteiger partial charge in [0, 0.05) is 25.5 Å². The molecule has 8 nitrogen and oxygen atoms in total. The molecule has 2 amide bonds. The number of urea groups is 1. The van der Waals surface area contributed by atoms with Gasteiger partial charge in [0.25, 0.3) is 0 Å². The lowest BCUT2D eigenvalue weighted by Gasteiger charge is -2.09. The Kier molecular flexibility index (Phi) is 4.50. The maximum absolute atomic E-state index is 11.7.